The molecule has 8 heteroatoms. The third kappa shape index (κ3) is 4.59. The molecule has 1 aliphatic rings. The lowest BCUT2D eigenvalue weighted by atomic mass is 10.2. The van der Waals surface area contributed by atoms with Gasteiger partial charge < -0.3 is 10.1 Å². The zero-order valence-corrected chi connectivity index (χ0v) is 14.8. The Morgan fingerprint density at radius 1 is 1.12 bits per heavy atom. The van der Waals surface area contributed by atoms with E-state index in [0.717, 1.165) is 12.8 Å². The van der Waals surface area contributed by atoms with Gasteiger partial charge in [-0.3, -0.25) is 9.52 Å². The largest absolute Gasteiger partial charge is 0.376 e. The second kappa shape index (κ2) is 7.84. The van der Waals surface area contributed by atoms with Gasteiger partial charge in [-0.05, 0) is 61.4 Å². The Kier molecular flexibility index (Phi) is 5.53. The average molecular weight is 378 g/mol. The summed E-state index contributed by atoms with van der Waals surface area (Å²) in [6.07, 6.45) is 1.96. The number of anilines is 1. The molecule has 1 aliphatic heterocycles. The fourth-order valence-corrected chi connectivity index (χ4v) is 3.69. The number of carbonyl (C=O) groups excluding carboxylic acids is 1. The number of sulfonamides is 1. The van der Waals surface area contributed by atoms with E-state index in [2.05, 4.69) is 10.0 Å². The zero-order valence-electron chi connectivity index (χ0n) is 13.9. The minimum atomic E-state index is -3.82. The van der Waals surface area contributed by atoms with Crippen LogP contribution in [0, 0.1) is 5.82 Å². The number of amides is 1. The van der Waals surface area contributed by atoms with Gasteiger partial charge in [0.2, 0.25) is 0 Å². The van der Waals surface area contributed by atoms with Crippen LogP contribution in [0.2, 0.25) is 0 Å². The summed E-state index contributed by atoms with van der Waals surface area (Å²) in [5.74, 6) is -0.734. The summed E-state index contributed by atoms with van der Waals surface area (Å²) in [7, 11) is -3.82. The van der Waals surface area contributed by atoms with Crippen molar-refractivity contribution in [3.05, 3.63) is 59.9 Å². The molecule has 2 aromatic rings. The van der Waals surface area contributed by atoms with Crippen LogP contribution < -0.4 is 10.0 Å². The van der Waals surface area contributed by atoms with E-state index in [-0.39, 0.29) is 22.6 Å². The molecular formula is C18H19FN2O4S. The van der Waals surface area contributed by atoms with Gasteiger partial charge in [-0.25, -0.2) is 12.8 Å². The second-order valence-corrected chi connectivity index (χ2v) is 7.66. The van der Waals surface area contributed by atoms with Crippen molar-refractivity contribution in [2.24, 2.45) is 0 Å². The Balaban J connectivity index is 1.63. The molecule has 26 heavy (non-hydrogen) atoms. The fourth-order valence-electron chi connectivity index (χ4n) is 2.63. The molecule has 2 aromatic carbocycles. The van der Waals surface area contributed by atoms with E-state index in [0.29, 0.717) is 18.7 Å². The summed E-state index contributed by atoms with van der Waals surface area (Å²) in [6, 6.07) is 10.6. The van der Waals surface area contributed by atoms with Crippen LogP contribution in [0.1, 0.15) is 23.2 Å². The van der Waals surface area contributed by atoms with Crippen molar-refractivity contribution in [3.63, 3.8) is 0 Å². The number of nitrogens with one attached hydrogen (secondary N) is 2. The first-order valence-electron chi connectivity index (χ1n) is 8.22. The van der Waals surface area contributed by atoms with Crippen LogP contribution in [0.25, 0.3) is 0 Å². The van der Waals surface area contributed by atoms with Crippen LogP contribution in [0.15, 0.2) is 53.4 Å². The zero-order chi connectivity index (χ0) is 18.6. The van der Waals surface area contributed by atoms with Gasteiger partial charge in [0.05, 0.1) is 11.0 Å². The van der Waals surface area contributed by atoms with Crippen LogP contribution in [0.5, 0.6) is 0 Å². The molecule has 1 amide bonds. The molecular weight excluding hydrogens is 359 g/mol. The fraction of sp³-hybridized carbons (Fsp3) is 0.278. The first-order chi connectivity index (χ1) is 12.4. The molecule has 6 nitrogen and oxygen atoms in total. The summed E-state index contributed by atoms with van der Waals surface area (Å²) in [6.45, 7) is 1.15. The maximum Gasteiger partial charge on any atom is 0.261 e. The minimum absolute atomic E-state index is 0.0116. The van der Waals surface area contributed by atoms with E-state index in [9.17, 15) is 17.6 Å². The number of ether oxygens (including phenoxy) is 1. The van der Waals surface area contributed by atoms with Crippen molar-refractivity contribution >= 4 is 21.6 Å². The van der Waals surface area contributed by atoms with E-state index in [4.69, 9.17) is 4.74 Å². The van der Waals surface area contributed by atoms with Gasteiger partial charge in [-0.15, -0.1) is 0 Å². The summed E-state index contributed by atoms with van der Waals surface area (Å²) < 4.78 is 45.4. The highest BCUT2D eigenvalue weighted by atomic mass is 32.2. The van der Waals surface area contributed by atoms with Crippen molar-refractivity contribution < 1.29 is 22.3 Å². The van der Waals surface area contributed by atoms with Crippen LogP contribution in [0.4, 0.5) is 10.1 Å². The number of hydrogen-bond acceptors (Lipinski definition) is 4. The number of halogens is 1. The van der Waals surface area contributed by atoms with Crippen molar-refractivity contribution in [1.29, 1.82) is 0 Å². The van der Waals surface area contributed by atoms with Crippen LogP contribution in [0.3, 0.4) is 0 Å². The Labute approximate surface area is 151 Å². The maximum absolute atomic E-state index is 12.9. The van der Waals surface area contributed by atoms with Crippen molar-refractivity contribution in [2.75, 3.05) is 17.9 Å². The quantitative estimate of drug-likeness (QED) is 0.809. The standard InChI is InChI=1S/C18H19FN2O4S/c19-14-5-7-15(8-6-14)21-26(23,24)17-9-3-13(4-10-17)18(22)20-12-16-2-1-11-25-16/h3-10,16,21H,1-2,11-12H2,(H,20,22)/t16-/m0/s1. The van der Waals surface area contributed by atoms with Crippen LogP contribution in [-0.4, -0.2) is 33.6 Å². The molecule has 0 radical (unpaired) electrons. The highest BCUT2D eigenvalue weighted by Gasteiger charge is 2.18. The van der Waals surface area contributed by atoms with Gasteiger partial charge in [-0.1, -0.05) is 0 Å². The number of benzene rings is 2. The molecule has 138 valence electrons. The smallest absolute Gasteiger partial charge is 0.261 e. The third-order valence-electron chi connectivity index (χ3n) is 4.04. The molecule has 1 heterocycles. The van der Waals surface area contributed by atoms with E-state index in [1.165, 1.54) is 48.5 Å². The lowest BCUT2D eigenvalue weighted by Gasteiger charge is -2.11. The number of carbonyl (C=O) groups is 1. The summed E-state index contributed by atoms with van der Waals surface area (Å²) >= 11 is 0. The predicted octanol–water partition coefficient (Wildman–Crippen LogP) is 2.54. The van der Waals surface area contributed by atoms with E-state index < -0.39 is 15.8 Å². The first kappa shape index (κ1) is 18.3. The normalized spacial score (nSPS) is 17.0. The molecule has 1 atom stereocenters. The van der Waals surface area contributed by atoms with E-state index in [1.807, 2.05) is 0 Å². The van der Waals surface area contributed by atoms with Gasteiger partial charge in [0.15, 0.2) is 0 Å². The summed E-state index contributed by atoms with van der Waals surface area (Å²) in [5, 5.41) is 2.78. The molecule has 3 rings (SSSR count). The molecule has 0 saturated carbocycles. The van der Waals surface area contributed by atoms with Crippen molar-refractivity contribution in [1.82, 2.24) is 5.32 Å². The minimum Gasteiger partial charge on any atom is -0.376 e. The molecule has 0 aromatic heterocycles. The highest BCUT2D eigenvalue weighted by Crippen LogP contribution is 2.17. The lowest BCUT2D eigenvalue weighted by Crippen LogP contribution is -2.31. The van der Waals surface area contributed by atoms with Gasteiger partial charge in [0.25, 0.3) is 15.9 Å². The molecule has 0 spiro atoms. The first-order valence-corrected chi connectivity index (χ1v) is 9.71. The van der Waals surface area contributed by atoms with E-state index in [1.54, 1.807) is 0 Å². The maximum atomic E-state index is 12.9. The third-order valence-corrected chi connectivity index (χ3v) is 5.43. The highest BCUT2D eigenvalue weighted by molar-refractivity contribution is 7.92. The van der Waals surface area contributed by atoms with Gasteiger partial charge in [0, 0.05) is 24.4 Å². The Bertz CT molecular complexity index is 861. The molecule has 2 N–H and O–H groups in total. The van der Waals surface area contributed by atoms with Crippen molar-refractivity contribution in [2.45, 2.75) is 23.8 Å². The topological polar surface area (TPSA) is 84.5 Å². The Morgan fingerprint density at radius 2 is 1.81 bits per heavy atom. The Hall–Kier alpha value is -2.45. The predicted molar refractivity (Wildman–Crippen MR) is 95.0 cm³/mol. The van der Waals surface area contributed by atoms with Gasteiger partial charge in [-0.2, -0.15) is 0 Å². The van der Waals surface area contributed by atoms with Gasteiger partial charge >= 0.3 is 0 Å². The molecule has 0 aliphatic carbocycles. The van der Waals surface area contributed by atoms with E-state index >= 15 is 0 Å². The number of hydrogen-bond donors (Lipinski definition) is 2. The number of rotatable bonds is 6. The monoisotopic (exact) mass is 378 g/mol. The van der Waals surface area contributed by atoms with Crippen LogP contribution >= 0.6 is 0 Å². The van der Waals surface area contributed by atoms with Crippen LogP contribution in [-0.2, 0) is 14.8 Å². The molecule has 0 unspecified atom stereocenters. The Morgan fingerprint density at radius 3 is 2.42 bits per heavy atom. The van der Waals surface area contributed by atoms with Crippen molar-refractivity contribution in [3.8, 4) is 0 Å². The summed E-state index contributed by atoms with van der Waals surface area (Å²) in [4.78, 5) is 12.1. The SMILES string of the molecule is O=C(NC[C@@H]1CCCO1)c1ccc(S(=O)(=O)Nc2ccc(F)cc2)cc1. The average Bonchev–Trinajstić information content (AvgIpc) is 3.15. The molecule has 1 saturated heterocycles. The molecule has 0 bridgehead atoms. The molecule has 1 fully saturated rings. The van der Waals surface area contributed by atoms with Gasteiger partial charge in [0.1, 0.15) is 5.82 Å². The lowest BCUT2D eigenvalue weighted by molar-refractivity contribution is 0.0857. The second-order valence-electron chi connectivity index (χ2n) is 5.98. The summed E-state index contributed by atoms with van der Waals surface area (Å²) in [5.41, 5.74) is 0.619.